The zero-order valence-electron chi connectivity index (χ0n) is 25.2. The van der Waals surface area contributed by atoms with Crippen molar-refractivity contribution >= 4 is 29.5 Å². The maximum Gasteiger partial charge on any atom is 0.408 e. The van der Waals surface area contributed by atoms with Crippen LogP contribution >= 0.6 is 11.6 Å². The average Bonchev–Trinajstić information content (AvgIpc) is 3.00. The molecule has 236 valence electrons. The minimum atomic E-state index is -1.32. The number of aliphatic hydroxyl groups is 1. The molecule has 0 radical (unpaired) electrons. The van der Waals surface area contributed by atoms with Gasteiger partial charge in [-0.05, 0) is 55.4 Å². The number of aliphatic hydroxyl groups excluding tert-OH is 1. The summed E-state index contributed by atoms with van der Waals surface area (Å²) in [6.07, 6.45) is 4.55. The molecule has 0 spiro atoms. The SMILES string of the molecule is CCOC(O)[C@H](CC(C)C(=O)NCCc1ccccc1)NC(=O)[C@H](CC1CCCCC1)NC(=O)OCc1cccc(Cl)c1. The van der Waals surface area contributed by atoms with Gasteiger partial charge in [-0.15, -0.1) is 0 Å². The van der Waals surface area contributed by atoms with Gasteiger partial charge in [0, 0.05) is 24.1 Å². The predicted molar refractivity (Wildman–Crippen MR) is 166 cm³/mol. The summed E-state index contributed by atoms with van der Waals surface area (Å²) in [5.41, 5.74) is 1.85. The highest BCUT2D eigenvalue weighted by atomic mass is 35.5. The van der Waals surface area contributed by atoms with Crippen LogP contribution in [0.3, 0.4) is 0 Å². The first-order valence-electron chi connectivity index (χ1n) is 15.3. The molecule has 4 N–H and O–H groups in total. The molecule has 43 heavy (non-hydrogen) atoms. The van der Waals surface area contributed by atoms with E-state index in [4.69, 9.17) is 21.1 Å². The van der Waals surface area contributed by atoms with Gasteiger partial charge in [-0.1, -0.05) is 93.1 Å². The van der Waals surface area contributed by atoms with Crippen LogP contribution in [0.2, 0.25) is 5.02 Å². The standard InChI is InChI=1S/C33H46ClN3O6/c1-3-42-32(40)29(19-23(2)30(38)35-18-17-24-11-6-4-7-12-24)36-31(39)28(21-25-13-8-5-9-14-25)37-33(41)43-22-26-15-10-16-27(34)20-26/h4,6-7,10-12,15-16,20,23,25,28-29,32,40H,3,5,8-9,13-14,17-19,21-22H2,1-2H3,(H,35,38)(H,36,39)(H,37,41)/t23?,28-,29-,32?/m0/s1. The molecule has 0 heterocycles. The van der Waals surface area contributed by atoms with Crippen molar-refractivity contribution in [3.8, 4) is 0 Å². The summed E-state index contributed by atoms with van der Waals surface area (Å²) in [7, 11) is 0. The van der Waals surface area contributed by atoms with Gasteiger partial charge in [-0.25, -0.2) is 4.79 Å². The molecule has 2 aromatic rings. The fraction of sp³-hybridized carbons (Fsp3) is 0.545. The lowest BCUT2D eigenvalue weighted by atomic mass is 9.84. The summed E-state index contributed by atoms with van der Waals surface area (Å²) < 4.78 is 10.8. The van der Waals surface area contributed by atoms with Gasteiger partial charge in [0.25, 0.3) is 0 Å². The minimum Gasteiger partial charge on any atom is -0.445 e. The van der Waals surface area contributed by atoms with Crippen LogP contribution in [0.1, 0.15) is 69.9 Å². The highest BCUT2D eigenvalue weighted by molar-refractivity contribution is 6.30. The number of nitrogens with one attached hydrogen (secondary N) is 3. The highest BCUT2D eigenvalue weighted by Crippen LogP contribution is 2.27. The Morgan fingerprint density at radius 3 is 2.40 bits per heavy atom. The zero-order chi connectivity index (χ0) is 31.0. The highest BCUT2D eigenvalue weighted by Gasteiger charge is 2.32. The van der Waals surface area contributed by atoms with Crippen molar-refractivity contribution in [2.75, 3.05) is 13.2 Å². The van der Waals surface area contributed by atoms with E-state index in [1.54, 1.807) is 38.1 Å². The summed E-state index contributed by atoms with van der Waals surface area (Å²) in [5.74, 6) is -0.864. The van der Waals surface area contributed by atoms with Gasteiger partial charge in [0.05, 0.1) is 6.04 Å². The van der Waals surface area contributed by atoms with Crippen molar-refractivity contribution in [2.45, 2.75) is 90.2 Å². The topological polar surface area (TPSA) is 126 Å². The fourth-order valence-electron chi connectivity index (χ4n) is 5.40. The molecular formula is C33H46ClN3O6. The molecule has 1 aliphatic rings. The molecule has 3 rings (SSSR count). The Hall–Kier alpha value is -3.14. The number of rotatable bonds is 16. The Balaban J connectivity index is 1.62. The van der Waals surface area contributed by atoms with E-state index in [2.05, 4.69) is 16.0 Å². The van der Waals surface area contributed by atoms with Crippen LogP contribution in [-0.4, -0.2) is 54.5 Å². The Morgan fingerprint density at radius 2 is 1.70 bits per heavy atom. The average molecular weight is 616 g/mol. The number of halogens is 1. The monoisotopic (exact) mass is 615 g/mol. The van der Waals surface area contributed by atoms with E-state index < -0.39 is 36.3 Å². The van der Waals surface area contributed by atoms with Gasteiger partial charge >= 0.3 is 6.09 Å². The Labute approximate surface area is 260 Å². The molecule has 2 aromatic carbocycles. The Morgan fingerprint density at radius 1 is 0.977 bits per heavy atom. The third kappa shape index (κ3) is 12.6. The van der Waals surface area contributed by atoms with E-state index in [0.29, 0.717) is 24.4 Å². The van der Waals surface area contributed by atoms with Crippen LogP contribution in [0.5, 0.6) is 0 Å². The third-order valence-electron chi connectivity index (χ3n) is 7.78. The van der Waals surface area contributed by atoms with Gasteiger partial charge in [-0.3, -0.25) is 9.59 Å². The largest absolute Gasteiger partial charge is 0.445 e. The number of hydrogen-bond donors (Lipinski definition) is 4. The van der Waals surface area contributed by atoms with Gasteiger partial charge in [0.15, 0.2) is 6.29 Å². The minimum absolute atomic E-state index is 0.00669. The van der Waals surface area contributed by atoms with Crippen molar-refractivity contribution in [1.82, 2.24) is 16.0 Å². The molecule has 1 fully saturated rings. The molecule has 2 unspecified atom stereocenters. The lowest BCUT2D eigenvalue weighted by Crippen LogP contribution is -2.54. The van der Waals surface area contributed by atoms with Crippen LogP contribution < -0.4 is 16.0 Å². The summed E-state index contributed by atoms with van der Waals surface area (Å²) in [4.78, 5) is 39.2. The number of carbonyl (C=O) groups is 3. The predicted octanol–water partition coefficient (Wildman–Crippen LogP) is 5.13. The van der Waals surface area contributed by atoms with Crippen molar-refractivity contribution in [3.63, 3.8) is 0 Å². The smallest absolute Gasteiger partial charge is 0.408 e. The Kier molecular flexibility index (Phi) is 14.8. The molecular weight excluding hydrogens is 570 g/mol. The molecule has 0 aromatic heterocycles. The maximum atomic E-state index is 13.6. The van der Waals surface area contributed by atoms with E-state index in [1.807, 2.05) is 30.3 Å². The van der Waals surface area contributed by atoms with Gasteiger partial charge in [0.2, 0.25) is 11.8 Å². The summed E-state index contributed by atoms with van der Waals surface area (Å²) in [6, 6.07) is 15.1. The Bertz CT molecular complexity index is 1140. The molecule has 0 saturated heterocycles. The first-order chi connectivity index (χ1) is 20.7. The lowest BCUT2D eigenvalue weighted by Gasteiger charge is -2.30. The van der Waals surface area contributed by atoms with E-state index in [-0.39, 0.29) is 31.5 Å². The maximum absolute atomic E-state index is 13.6. The van der Waals surface area contributed by atoms with Crippen LogP contribution in [0, 0.1) is 11.8 Å². The quantitative estimate of drug-likeness (QED) is 0.194. The molecule has 9 nitrogen and oxygen atoms in total. The second-order valence-electron chi connectivity index (χ2n) is 11.3. The van der Waals surface area contributed by atoms with Crippen LogP contribution in [0.25, 0.3) is 0 Å². The molecule has 0 aliphatic heterocycles. The van der Waals surface area contributed by atoms with Gasteiger partial charge in [-0.2, -0.15) is 0 Å². The van der Waals surface area contributed by atoms with Gasteiger partial charge in [0.1, 0.15) is 12.6 Å². The second-order valence-corrected chi connectivity index (χ2v) is 11.7. The van der Waals surface area contributed by atoms with Crippen molar-refractivity contribution < 1.29 is 29.0 Å². The number of hydrogen-bond acceptors (Lipinski definition) is 6. The van der Waals surface area contributed by atoms with Crippen LogP contribution in [0.15, 0.2) is 54.6 Å². The number of carbonyl (C=O) groups excluding carboxylic acids is 3. The first-order valence-corrected chi connectivity index (χ1v) is 15.7. The van der Waals surface area contributed by atoms with E-state index >= 15 is 0 Å². The summed E-state index contributed by atoms with van der Waals surface area (Å²) in [6.45, 7) is 4.20. The molecule has 3 amide bonds. The number of alkyl carbamates (subject to hydrolysis) is 1. The summed E-state index contributed by atoms with van der Waals surface area (Å²) in [5, 5.41) is 19.8. The lowest BCUT2D eigenvalue weighted by molar-refractivity contribution is -0.140. The van der Waals surface area contributed by atoms with E-state index in [1.165, 1.54) is 0 Å². The third-order valence-corrected chi connectivity index (χ3v) is 8.02. The van der Waals surface area contributed by atoms with Crippen LogP contribution in [-0.2, 0) is 32.1 Å². The number of amides is 3. The van der Waals surface area contributed by atoms with Crippen LogP contribution in [0.4, 0.5) is 4.79 Å². The molecule has 4 atom stereocenters. The van der Waals surface area contributed by atoms with Gasteiger partial charge < -0.3 is 30.5 Å². The van der Waals surface area contributed by atoms with Crippen molar-refractivity contribution in [2.24, 2.45) is 11.8 Å². The van der Waals surface area contributed by atoms with E-state index in [0.717, 1.165) is 43.2 Å². The molecule has 10 heteroatoms. The van der Waals surface area contributed by atoms with E-state index in [9.17, 15) is 19.5 Å². The molecule has 1 saturated carbocycles. The zero-order valence-corrected chi connectivity index (χ0v) is 26.0. The fourth-order valence-corrected chi connectivity index (χ4v) is 5.61. The summed E-state index contributed by atoms with van der Waals surface area (Å²) >= 11 is 6.03. The normalized spacial score (nSPS) is 16.4. The molecule has 1 aliphatic carbocycles. The van der Waals surface area contributed by atoms with Crippen molar-refractivity contribution in [1.29, 1.82) is 0 Å². The molecule has 0 bridgehead atoms. The number of ether oxygens (including phenoxy) is 2. The second kappa shape index (κ2) is 18.5. The van der Waals surface area contributed by atoms with Crippen molar-refractivity contribution in [3.05, 3.63) is 70.7 Å². The first kappa shape index (κ1) is 34.4. The number of benzene rings is 2.